The maximum absolute atomic E-state index is 13.3. The lowest BCUT2D eigenvalue weighted by atomic mass is 10.1. The smallest absolute Gasteiger partial charge is 0.259 e. The third-order valence-electron chi connectivity index (χ3n) is 3.65. The Morgan fingerprint density at radius 2 is 2.00 bits per heavy atom. The van der Waals surface area contributed by atoms with E-state index in [-0.39, 0.29) is 17.0 Å². The molecule has 2 rings (SSSR count). The lowest BCUT2D eigenvalue weighted by Gasteiger charge is -2.14. The number of allylic oxidation sites excluding steroid dienone is 2. The van der Waals surface area contributed by atoms with Crippen LogP contribution >= 0.6 is 0 Å². The van der Waals surface area contributed by atoms with Gasteiger partial charge in [-0.05, 0) is 61.2 Å². The van der Waals surface area contributed by atoms with Crippen LogP contribution in [0, 0.1) is 24.1 Å². The number of aldehydes is 1. The minimum Gasteiger partial charge on any atom is -0.456 e. The molecule has 0 aromatic heterocycles. The Labute approximate surface area is 161 Å². The van der Waals surface area contributed by atoms with E-state index in [1.54, 1.807) is 20.2 Å². The summed E-state index contributed by atoms with van der Waals surface area (Å²) in [5.41, 5.74) is 1.25. The number of amides is 1. The van der Waals surface area contributed by atoms with E-state index < -0.39 is 11.7 Å². The molecule has 0 atom stereocenters. The van der Waals surface area contributed by atoms with Crippen LogP contribution in [0.15, 0.2) is 60.4 Å². The molecule has 0 spiro atoms. The van der Waals surface area contributed by atoms with Crippen LogP contribution in [-0.2, 0) is 4.79 Å². The molecule has 0 unspecified atom stereocenters. The maximum Gasteiger partial charge on any atom is 0.259 e. The van der Waals surface area contributed by atoms with Crippen molar-refractivity contribution in [1.29, 1.82) is 5.26 Å². The highest BCUT2D eigenvalue weighted by molar-refractivity contribution is 5.98. The van der Waals surface area contributed by atoms with Gasteiger partial charge in [0.05, 0.1) is 17.2 Å². The molecule has 28 heavy (non-hydrogen) atoms. The van der Waals surface area contributed by atoms with Crippen LogP contribution in [0.5, 0.6) is 11.5 Å². The maximum atomic E-state index is 13.3. The molecule has 7 heteroatoms. The van der Waals surface area contributed by atoms with Gasteiger partial charge in [0.2, 0.25) is 0 Å². The molecule has 0 saturated carbocycles. The zero-order chi connectivity index (χ0) is 20.5. The van der Waals surface area contributed by atoms with Gasteiger partial charge >= 0.3 is 0 Å². The van der Waals surface area contributed by atoms with Crippen molar-refractivity contribution in [3.05, 3.63) is 83.0 Å². The van der Waals surface area contributed by atoms with Gasteiger partial charge in [0.15, 0.2) is 0 Å². The third-order valence-corrected chi connectivity index (χ3v) is 3.65. The van der Waals surface area contributed by atoms with Gasteiger partial charge in [0.25, 0.3) is 5.91 Å². The first kappa shape index (κ1) is 20.4. The second-order valence-electron chi connectivity index (χ2n) is 5.67. The highest BCUT2D eigenvalue weighted by Crippen LogP contribution is 2.29. The van der Waals surface area contributed by atoms with Crippen molar-refractivity contribution >= 4 is 12.2 Å². The molecule has 0 aliphatic heterocycles. The molecule has 2 aromatic rings. The summed E-state index contributed by atoms with van der Waals surface area (Å²) in [6.45, 7) is 1.67. The molecule has 6 nitrogen and oxygen atoms in total. The average Bonchev–Trinajstić information content (AvgIpc) is 2.68. The minimum atomic E-state index is -0.534. The van der Waals surface area contributed by atoms with Crippen LogP contribution in [-0.4, -0.2) is 19.2 Å². The van der Waals surface area contributed by atoms with Crippen LogP contribution in [0.4, 0.5) is 4.39 Å². The number of carbonyl (C=O) groups is 2. The van der Waals surface area contributed by atoms with Gasteiger partial charge in [-0.2, -0.15) is 5.26 Å². The van der Waals surface area contributed by atoms with Gasteiger partial charge in [-0.3, -0.25) is 9.59 Å². The Morgan fingerprint density at radius 1 is 1.21 bits per heavy atom. The Balaban J connectivity index is 2.39. The summed E-state index contributed by atoms with van der Waals surface area (Å²) in [5.74, 6) is -0.458. The second-order valence-corrected chi connectivity index (χ2v) is 5.67. The molecular weight excluding hydrogens is 361 g/mol. The molecule has 0 bridgehead atoms. The predicted octanol–water partition coefficient (Wildman–Crippen LogP) is 3.34. The number of rotatable bonds is 7. The molecule has 0 aliphatic rings. The molecule has 2 aromatic carbocycles. The Bertz CT molecular complexity index is 991. The van der Waals surface area contributed by atoms with Gasteiger partial charge in [0.1, 0.15) is 23.6 Å². The summed E-state index contributed by atoms with van der Waals surface area (Å²) >= 11 is 0. The number of nitriles is 1. The zero-order valence-corrected chi connectivity index (χ0v) is 15.3. The number of hydrogen-bond acceptors (Lipinski definition) is 5. The Morgan fingerprint density at radius 3 is 2.64 bits per heavy atom. The van der Waals surface area contributed by atoms with Crippen LogP contribution in [0.25, 0.3) is 0 Å². The van der Waals surface area contributed by atoms with Crippen molar-refractivity contribution in [3.8, 4) is 17.6 Å². The van der Waals surface area contributed by atoms with Gasteiger partial charge in [-0.15, -0.1) is 0 Å². The van der Waals surface area contributed by atoms with E-state index in [1.807, 2.05) is 6.07 Å². The lowest BCUT2D eigenvalue weighted by Crippen LogP contribution is -2.23. The van der Waals surface area contributed by atoms with E-state index in [1.165, 1.54) is 48.6 Å². The standard InChI is InChI=1S/C21H18FN3O3/c1-14-11-16(22)4-6-19(14)28-20-12-15(13-23)3-5-18(20)21(27)25-17(8-10-26)7-9-24-2/h3-12,24H,1-2H3,(H,25,27)/b9-7-,17-8+. The third kappa shape index (κ3) is 5.29. The van der Waals surface area contributed by atoms with E-state index in [0.29, 0.717) is 23.2 Å². The van der Waals surface area contributed by atoms with Crippen molar-refractivity contribution in [1.82, 2.24) is 10.6 Å². The summed E-state index contributed by atoms with van der Waals surface area (Å²) < 4.78 is 19.1. The number of aryl methyl sites for hydroxylation is 1. The molecule has 0 saturated heterocycles. The first-order valence-corrected chi connectivity index (χ1v) is 8.27. The van der Waals surface area contributed by atoms with Crippen LogP contribution in [0.1, 0.15) is 21.5 Å². The molecular formula is C21H18FN3O3. The average molecular weight is 379 g/mol. The van der Waals surface area contributed by atoms with Crippen molar-refractivity contribution in [2.45, 2.75) is 6.92 Å². The van der Waals surface area contributed by atoms with E-state index in [2.05, 4.69) is 10.6 Å². The van der Waals surface area contributed by atoms with Gasteiger partial charge < -0.3 is 15.4 Å². The predicted molar refractivity (Wildman–Crippen MR) is 102 cm³/mol. The highest BCUT2D eigenvalue weighted by atomic mass is 19.1. The van der Waals surface area contributed by atoms with E-state index in [0.717, 1.165) is 0 Å². The van der Waals surface area contributed by atoms with Crippen LogP contribution < -0.4 is 15.4 Å². The number of benzene rings is 2. The summed E-state index contributed by atoms with van der Waals surface area (Å²) in [6, 6.07) is 10.3. The molecule has 0 radical (unpaired) electrons. The quantitative estimate of drug-likeness (QED) is 0.437. The number of carbonyl (C=O) groups excluding carboxylic acids is 2. The van der Waals surface area contributed by atoms with Crippen LogP contribution in [0.3, 0.4) is 0 Å². The first-order chi connectivity index (χ1) is 13.5. The number of halogens is 1. The number of hydrogen-bond donors (Lipinski definition) is 2. The SMILES string of the molecule is CN/C=C\C(=C/C=O)NC(=O)c1ccc(C#N)cc1Oc1ccc(F)cc1C. The zero-order valence-electron chi connectivity index (χ0n) is 15.3. The minimum absolute atomic E-state index is 0.134. The largest absolute Gasteiger partial charge is 0.456 e. The molecule has 0 aliphatic carbocycles. The Kier molecular flexibility index (Phi) is 7.06. The summed E-state index contributed by atoms with van der Waals surface area (Å²) in [4.78, 5) is 23.5. The lowest BCUT2D eigenvalue weighted by molar-refractivity contribution is -0.104. The van der Waals surface area contributed by atoms with Crippen molar-refractivity contribution < 1.29 is 18.7 Å². The summed E-state index contributed by atoms with van der Waals surface area (Å²) in [5, 5.41) is 14.5. The van der Waals surface area contributed by atoms with Crippen molar-refractivity contribution in [2.75, 3.05) is 7.05 Å². The number of nitrogens with one attached hydrogen (secondary N) is 2. The van der Waals surface area contributed by atoms with Crippen molar-refractivity contribution in [2.24, 2.45) is 0 Å². The monoisotopic (exact) mass is 379 g/mol. The molecule has 2 N–H and O–H groups in total. The fourth-order valence-electron chi connectivity index (χ4n) is 2.29. The fraction of sp³-hybridized carbons (Fsp3) is 0.0952. The van der Waals surface area contributed by atoms with E-state index in [4.69, 9.17) is 10.00 Å². The topological polar surface area (TPSA) is 91.2 Å². The molecule has 0 fully saturated rings. The van der Waals surface area contributed by atoms with Gasteiger partial charge in [0, 0.05) is 18.8 Å². The highest BCUT2D eigenvalue weighted by Gasteiger charge is 2.16. The summed E-state index contributed by atoms with van der Waals surface area (Å²) in [6.07, 6.45) is 4.81. The normalized spacial score (nSPS) is 11.0. The second kappa shape index (κ2) is 9.69. The molecule has 1 amide bonds. The molecule has 142 valence electrons. The van der Waals surface area contributed by atoms with Crippen molar-refractivity contribution in [3.63, 3.8) is 0 Å². The number of nitrogens with zero attached hydrogens (tertiary/aromatic N) is 1. The number of ether oxygens (including phenoxy) is 1. The first-order valence-electron chi connectivity index (χ1n) is 8.27. The van der Waals surface area contributed by atoms with E-state index in [9.17, 15) is 14.0 Å². The van der Waals surface area contributed by atoms with Gasteiger partial charge in [-0.25, -0.2) is 4.39 Å². The summed E-state index contributed by atoms with van der Waals surface area (Å²) in [7, 11) is 1.68. The van der Waals surface area contributed by atoms with Gasteiger partial charge in [-0.1, -0.05) is 0 Å². The van der Waals surface area contributed by atoms with Crippen LogP contribution in [0.2, 0.25) is 0 Å². The Hall–Kier alpha value is -3.92. The molecule has 0 heterocycles. The fourth-order valence-corrected chi connectivity index (χ4v) is 2.29. The van der Waals surface area contributed by atoms with E-state index >= 15 is 0 Å².